The van der Waals surface area contributed by atoms with Crippen LogP contribution in [-0.2, 0) is 0 Å². The molecule has 2 aromatic rings. The Balaban J connectivity index is 2.20. The van der Waals surface area contributed by atoms with E-state index in [1.54, 1.807) is 36.7 Å². The van der Waals surface area contributed by atoms with Crippen LogP contribution < -0.4 is 5.32 Å². The third-order valence-electron chi connectivity index (χ3n) is 2.04. The Kier molecular flexibility index (Phi) is 3.91. The molecule has 1 heterocycles. The third kappa shape index (κ3) is 3.38. The van der Waals surface area contributed by atoms with Crippen molar-refractivity contribution in [3.05, 3.63) is 57.2 Å². The van der Waals surface area contributed by atoms with Crippen molar-refractivity contribution in [3.8, 4) is 0 Å². The molecule has 0 atom stereocenters. The number of nitrogens with zero attached hydrogens (tertiary/aromatic N) is 1. The van der Waals surface area contributed by atoms with Crippen LogP contribution in [-0.4, -0.2) is 10.9 Å². The summed E-state index contributed by atoms with van der Waals surface area (Å²) in [5, 5.41) is 2.77. The summed E-state index contributed by atoms with van der Waals surface area (Å²) in [6.07, 6.45) is 3.26. The number of nitrogens with one attached hydrogen (secondary N) is 1. The smallest absolute Gasteiger partial charge is 0.255 e. The van der Waals surface area contributed by atoms with Gasteiger partial charge in [-0.1, -0.05) is 31.9 Å². The van der Waals surface area contributed by atoms with E-state index in [4.69, 9.17) is 0 Å². The summed E-state index contributed by atoms with van der Waals surface area (Å²) in [7, 11) is 0. The Labute approximate surface area is 116 Å². The second-order valence-electron chi connectivity index (χ2n) is 3.35. The van der Waals surface area contributed by atoms with Crippen LogP contribution in [0.3, 0.4) is 0 Å². The maximum absolute atomic E-state index is 11.9. The third-order valence-corrected chi connectivity index (χ3v) is 2.96. The first-order chi connectivity index (χ1) is 8.15. The van der Waals surface area contributed by atoms with Gasteiger partial charge in [0.1, 0.15) is 0 Å². The van der Waals surface area contributed by atoms with Crippen LogP contribution in [0.25, 0.3) is 0 Å². The molecule has 0 unspecified atom stereocenters. The highest BCUT2D eigenvalue weighted by molar-refractivity contribution is 9.11. The number of anilines is 1. The molecule has 0 saturated heterocycles. The first-order valence-electron chi connectivity index (χ1n) is 4.82. The summed E-state index contributed by atoms with van der Waals surface area (Å²) < 4.78 is 1.70. The average molecular weight is 356 g/mol. The number of hydrogen-bond donors (Lipinski definition) is 1. The van der Waals surface area contributed by atoms with Crippen LogP contribution in [0.4, 0.5) is 5.69 Å². The Morgan fingerprint density at radius 1 is 1.18 bits per heavy atom. The van der Waals surface area contributed by atoms with E-state index in [-0.39, 0.29) is 5.91 Å². The van der Waals surface area contributed by atoms with Gasteiger partial charge < -0.3 is 5.32 Å². The highest BCUT2D eigenvalue weighted by atomic mass is 79.9. The van der Waals surface area contributed by atoms with E-state index in [0.29, 0.717) is 11.3 Å². The van der Waals surface area contributed by atoms with Gasteiger partial charge in [0, 0.05) is 20.7 Å². The second kappa shape index (κ2) is 5.42. The van der Waals surface area contributed by atoms with Crippen LogP contribution in [0, 0.1) is 0 Å². The zero-order valence-electron chi connectivity index (χ0n) is 8.65. The SMILES string of the molecule is O=C(Nc1cccnc1)c1cc(Br)cc(Br)c1. The molecule has 0 aliphatic heterocycles. The molecule has 1 aromatic carbocycles. The monoisotopic (exact) mass is 354 g/mol. The molecule has 0 bridgehead atoms. The Bertz CT molecular complexity index is 523. The molecule has 5 heteroatoms. The lowest BCUT2D eigenvalue weighted by molar-refractivity contribution is 0.102. The molecule has 0 saturated carbocycles. The van der Waals surface area contributed by atoms with Gasteiger partial charge in [-0.05, 0) is 30.3 Å². The zero-order valence-corrected chi connectivity index (χ0v) is 11.8. The van der Waals surface area contributed by atoms with Gasteiger partial charge in [0.2, 0.25) is 0 Å². The fourth-order valence-electron chi connectivity index (χ4n) is 1.32. The number of carbonyl (C=O) groups excluding carboxylic acids is 1. The summed E-state index contributed by atoms with van der Waals surface area (Å²) in [5.41, 5.74) is 1.25. The molecule has 0 aliphatic carbocycles. The van der Waals surface area contributed by atoms with E-state index in [2.05, 4.69) is 42.2 Å². The van der Waals surface area contributed by atoms with Gasteiger partial charge in [-0.3, -0.25) is 9.78 Å². The van der Waals surface area contributed by atoms with Crippen molar-refractivity contribution in [3.63, 3.8) is 0 Å². The predicted molar refractivity (Wildman–Crippen MR) is 74.0 cm³/mol. The molecule has 1 aromatic heterocycles. The van der Waals surface area contributed by atoms with Crippen molar-refractivity contribution >= 4 is 43.5 Å². The van der Waals surface area contributed by atoms with Crippen molar-refractivity contribution in [2.45, 2.75) is 0 Å². The van der Waals surface area contributed by atoms with Crippen LogP contribution >= 0.6 is 31.9 Å². The molecule has 0 fully saturated rings. The summed E-state index contributed by atoms with van der Waals surface area (Å²) in [5.74, 6) is -0.167. The van der Waals surface area contributed by atoms with Crippen molar-refractivity contribution in [1.29, 1.82) is 0 Å². The molecule has 0 aliphatic rings. The normalized spacial score (nSPS) is 10.0. The van der Waals surface area contributed by atoms with Gasteiger partial charge in [0.25, 0.3) is 5.91 Å². The minimum atomic E-state index is -0.167. The average Bonchev–Trinajstić information content (AvgIpc) is 2.29. The fourth-order valence-corrected chi connectivity index (χ4v) is 2.62. The topological polar surface area (TPSA) is 42.0 Å². The molecule has 2 rings (SSSR count). The van der Waals surface area contributed by atoms with Gasteiger partial charge in [-0.25, -0.2) is 0 Å². The van der Waals surface area contributed by atoms with E-state index in [1.807, 2.05) is 6.07 Å². The lowest BCUT2D eigenvalue weighted by Crippen LogP contribution is -2.11. The number of rotatable bonds is 2. The van der Waals surface area contributed by atoms with E-state index in [1.165, 1.54) is 0 Å². The number of halogens is 2. The van der Waals surface area contributed by atoms with Gasteiger partial charge >= 0.3 is 0 Å². The minimum absolute atomic E-state index is 0.167. The Morgan fingerprint density at radius 3 is 2.47 bits per heavy atom. The van der Waals surface area contributed by atoms with Crippen molar-refractivity contribution < 1.29 is 4.79 Å². The zero-order chi connectivity index (χ0) is 12.3. The van der Waals surface area contributed by atoms with E-state index in [0.717, 1.165) is 8.95 Å². The van der Waals surface area contributed by atoms with E-state index in [9.17, 15) is 4.79 Å². The standard InChI is InChI=1S/C12H8Br2N2O/c13-9-4-8(5-10(14)6-9)12(17)16-11-2-1-3-15-7-11/h1-7H,(H,16,17). The minimum Gasteiger partial charge on any atom is -0.321 e. The van der Waals surface area contributed by atoms with Crippen molar-refractivity contribution in [2.24, 2.45) is 0 Å². The van der Waals surface area contributed by atoms with Crippen LogP contribution in [0.5, 0.6) is 0 Å². The fraction of sp³-hybridized carbons (Fsp3) is 0. The highest BCUT2D eigenvalue weighted by Gasteiger charge is 2.07. The lowest BCUT2D eigenvalue weighted by atomic mass is 10.2. The molecule has 1 amide bonds. The van der Waals surface area contributed by atoms with E-state index < -0.39 is 0 Å². The number of carbonyl (C=O) groups is 1. The molecule has 0 radical (unpaired) electrons. The summed E-state index contributed by atoms with van der Waals surface area (Å²) >= 11 is 6.69. The first-order valence-corrected chi connectivity index (χ1v) is 6.41. The molecular weight excluding hydrogens is 348 g/mol. The van der Waals surface area contributed by atoms with Gasteiger partial charge in [-0.15, -0.1) is 0 Å². The first kappa shape index (κ1) is 12.3. The van der Waals surface area contributed by atoms with Crippen LogP contribution in [0.15, 0.2) is 51.7 Å². The van der Waals surface area contributed by atoms with Gasteiger partial charge in [0.05, 0.1) is 11.9 Å². The second-order valence-corrected chi connectivity index (χ2v) is 5.19. The summed E-state index contributed by atoms with van der Waals surface area (Å²) in [6, 6.07) is 8.96. The number of hydrogen-bond acceptors (Lipinski definition) is 2. The summed E-state index contributed by atoms with van der Waals surface area (Å²) in [6.45, 7) is 0. The van der Waals surface area contributed by atoms with Crippen LogP contribution in [0.2, 0.25) is 0 Å². The largest absolute Gasteiger partial charge is 0.321 e. The van der Waals surface area contributed by atoms with Gasteiger partial charge in [0.15, 0.2) is 0 Å². The van der Waals surface area contributed by atoms with E-state index >= 15 is 0 Å². The lowest BCUT2D eigenvalue weighted by Gasteiger charge is -2.05. The number of aromatic nitrogens is 1. The maximum atomic E-state index is 11.9. The molecular formula is C12H8Br2N2O. The number of pyridine rings is 1. The van der Waals surface area contributed by atoms with Crippen molar-refractivity contribution in [1.82, 2.24) is 4.98 Å². The highest BCUT2D eigenvalue weighted by Crippen LogP contribution is 2.20. The number of benzene rings is 1. The number of amides is 1. The molecule has 0 spiro atoms. The molecule has 3 nitrogen and oxygen atoms in total. The maximum Gasteiger partial charge on any atom is 0.255 e. The van der Waals surface area contributed by atoms with Crippen molar-refractivity contribution in [2.75, 3.05) is 5.32 Å². The molecule has 17 heavy (non-hydrogen) atoms. The predicted octanol–water partition coefficient (Wildman–Crippen LogP) is 3.86. The molecule has 86 valence electrons. The summed E-state index contributed by atoms with van der Waals surface area (Å²) in [4.78, 5) is 15.9. The van der Waals surface area contributed by atoms with Gasteiger partial charge in [-0.2, -0.15) is 0 Å². The Morgan fingerprint density at radius 2 is 1.88 bits per heavy atom. The quantitative estimate of drug-likeness (QED) is 0.888. The molecule has 1 N–H and O–H groups in total. The Hall–Kier alpha value is -1.20. The van der Waals surface area contributed by atoms with Crippen LogP contribution in [0.1, 0.15) is 10.4 Å².